The standard InChI is InChI=1S/C20H33N3O2/c1-3-21-19(22-13-7-8-14-25-16-15-24-2)23-17-20(11-12-20)18-9-5-4-6-10-18/h4-6,9-10H,3,7-8,11-17H2,1-2H3,(H2,21,22,23). The molecule has 0 bridgehead atoms. The molecule has 2 N–H and O–H groups in total. The summed E-state index contributed by atoms with van der Waals surface area (Å²) in [5, 5.41) is 6.78. The summed E-state index contributed by atoms with van der Waals surface area (Å²) in [6, 6.07) is 10.8. The van der Waals surface area contributed by atoms with Crippen molar-refractivity contribution in [3.8, 4) is 0 Å². The molecule has 1 aromatic rings. The van der Waals surface area contributed by atoms with Crippen LogP contribution in [-0.4, -0.2) is 52.5 Å². The van der Waals surface area contributed by atoms with Crippen LogP contribution in [0.1, 0.15) is 38.2 Å². The van der Waals surface area contributed by atoms with Crippen molar-refractivity contribution < 1.29 is 9.47 Å². The predicted molar refractivity (Wildman–Crippen MR) is 103 cm³/mol. The first kappa shape index (κ1) is 19.7. The number of hydrogen-bond acceptors (Lipinski definition) is 3. The van der Waals surface area contributed by atoms with E-state index in [1.165, 1.54) is 18.4 Å². The van der Waals surface area contributed by atoms with Gasteiger partial charge >= 0.3 is 0 Å². The molecule has 0 unspecified atom stereocenters. The average molecular weight is 348 g/mol. The van der Waals surface area contributed by atoms with Crippen LogP contribution in [0.2, 0.25) is 0 Å². The molecule has 0 heterocycles. The number of methoxy groups -OCH3 is 1. The monoisotopic (exact) mass is 347 g/mol. The van der Waals surface area contributed by atoms with Gasteiger partial charge in [-0.2, -0.15) is 0 Å². The van der Waals surface area contributed by atoms with Crippen molar-refractivity contribution in [3.05, 3.63) is 35.9 Å². The summed E-state index contributed by atoms with van der Waals surface area (Å²) in [6.07, 6.45) is 4.59. The molecule has 1 aliphatic carbocycles. The molecule has 0 amide bonds. The van der Waals surface area contributed by atoms with Crippen LogP contribution in [0, 0.1) is 0 Å². The van der Waals surface area contributed by atoms with Crippen LogP contribution in [0.25, 0.3) is 0 Å². The second-order valence-electron chi connectivity index (χ2n) is 6.58. The average Bonchev–Trinajstić information content (AvgIpc) is 3.44. The summed E-state index contributed by atoms with van der Waals surface area (Å²) in [4.78, 5) is 4.83. The summed E-state index contributed by atoms with van der Waals surface area (Å²) < 4.78 is 10.4. The van der Waals surface area contributed by atoms with Crippen LogP contribution in [-0.2, 0) is 14.9 Å². The molecule has 0 aromatic heterocycles. The molecule has 0 saturated heterocycles. The molecule has 0 atom stereocenters. The first-order valence-electron chi connectivity index (χ1n) is 9.45. The number of nitrogens with zero attached hydrogens (tertiary/aromatic N) is 1. The smallest absolute Gasteiger partial charge is 0.191 e. The summed E-state index contributed by atoms with van der Waals surface area (Å²) in [6.45, 7) is 6.88. The SMILES string of the molecule is CCNC(=NCC1(c2ccccc2)CC1)NCCCCOCCOC. The van der Waals surface area contributed by atoms with Gasteiger partial charge in [0, 0.05) is 32.2 Å². The second kappa shape index (κ2) is 11.1. The molecule has 1 aliphatic rings. The molecule has 2 rings (SSSR count). The van der Waals surface area contributed by atoms with Gasteiger partial charge in [-0.25, -0.2) is 0 Å². The normalized spacial score (nSPS) is 15.8. The van der Waals surface area contributed by atoms with Gasteiger partial charge in [0.25, 0.3) is 0 Å². The van der Waals surface area contributed by atoms with Crippen molar-refractivity contribution in [2.75, 3.05) is 46.6 Å². The van der Waals surface area contributed by atoms with E-state index in [1.807, 2.05) is 0 Å². The van der Waals surface area contributed by atoms with E-state index >= 15 is 0 Å². The van der Waals surface area contributed by atoms with Gasteiger partial charge in [0.15, 0.2) is 5.96 Å². The fourth-order valence-electron chi connectivity index (χ4n) is 2.83. The fraction of sp³-hybridized carbons (Fsp3) is 0.650. The quantitative estimate of drug-likeness (QED) is 0.347. The van der Waals surface area contributed by atoms with Crippen LogP contribution < -0.4 is 10.6 Å². The highest BCUT2D eigenvalue weighted by atomic mass is 16.5. The highest BCUT2D eigenvalue weighted by Gasteiger charge is 2.43. The van der Waals surface area contributed by atoms with E-state index in [1.54, 1.807) is 7.11 Å². The lowest BCUT2D eigenvalue weighted by Gasteiger charge is -2.16. The molecule has 5 nitrogen and oxygen atoms in total. The highest BCUT2D eigenvalue weighted by Crippen LogP contribution is 2.48. The molecule has 0 radical (unpaired) electrons. The van der Waals surface area contributed by atoms with Gasteiger partial charge in [0.2, 0.25) is 0 Å². The topological polar surface area (TPSA) is 54.9 Å². The van der Waals surface area contributed by atoms with Gasteiger partial charge in [-0.1, -0.05) is 30.3 Å². The van der Waals surface area contributed by atoms with Gasteiger partial charge in [0.1, 0.15) is 0 Å². The molecule has 1 fully saturated rings. The third-order valence-corrected chi connectivity index (χ3v) is 4.56. The van der Waals surface area contributed by atoms with Crippen LogP contribution in [0.15, 0.2) is 35.3 Å². The van der Waals surface area contributed by atoms with Crippen molar-refractivity contribution in [2.45, 2.75) is 38.0 Å². The Hall–Kier alpha value is -1.59. The van der Waals surface area contributed by atoms with Crippen LogP contribution in [0.5, 0.6) is 0 Å². The summed E-state index contributed by atoms with van der Waals surface area (Å²) >= 11 is 0. The van der Waals surface area contributed by atoms with E-state index in [9.17, 15) is 0 Å². The van der Waals surface area contributed by atoms with Gasteiger partial charge in [0.05, 0.1) is 19.8 Å². The number of rotatable bonds is 12. The lowest BCUT2D eigenvalue weighted by Crippen LogP contribution is -2.38. The Bertz CT molecular complexity index is 501. The first-order valence-corrected chi connectivity index (χ1v) is 9.45. The first-order chi connectivity index (χ1) is 12.3. The minimum absolute atomic E-state index is 0.263. The molecular weight excluding hydrogens is 314 g/mol. The van der Waals surface area contributed by atoms with Gasteiger partial charge in [-0.3, -0.25) is 4.99 Å². The van der Waals surface area contributed by atoms with E-state index < -0.39 is 0 Å². The van der Waals surface area contributed by atoms with E-state index in [0.717, 1.165) is 45.0 Å². The molecule has 1 aromatic carbocycles. The van der Waals surface area contributed by atoms with Crippen LogP contribution >= 0.6 is 0 Å². The lowest BCUT2D eigenvalue weighted by molar-refractivity contribution is 0.0689. The zero-order chi connectivity index (χ0) is 17.8. The molecule has 1 saturated carbocycles. The maximum Gasteiger partial charge on any atom is 0.191 e. The number of nitrogens with one attached hydrogen (secondary N) is 2. The van der Waals surface area contributed by atoms with Crippen molar-refractivity contribution in [1.29, 1.82) is 0 Å². The van der Waals surface area contributed by atoms with E-state index in [-0.39, 0.29) is 5.41 Å². The van der Waals surface area contributed by atoms with E-state index in [4.69, 9.17) is 14.5 Å². The Morgan fingerprint density at radius 3 is 2.56 bits per heavy atom. The Morgan fingerprint density at radius 1 is 1.08 bits per heavy atom. The number of ether oxygens (including phenoxy) is 2. The van der Waals surface area contributed by atoms with Gasteiger partial charge < -0.3 is 20.1 Å². The minimum Gasteiger partial charge on any atom is -0.382 e. The number of hydrogen-bond donors (Lipinski definition) is 2. The van der Waals surface area contributed by atoms with Gasteiger partial charge in [-0.05, 0) is 38.2 Å². The third kappa shape index (κ3) is 7.04. The molecular formula is C20H33N3O2. The van der Waals surface area contributed by atoms with Gasteiger partial charge in [-0.15, -0.1) is 0 Å². The van der Waals surface area contributed by atoms with Crippen LogP contribution in [0.3, 0.4) is 0 Å². The summed E-state index contributed by atoms with van der Waals surface area (Å²) in [5.74, 6) is 0.921. The van der Waals surface area contributed by atoms with Crippen molar-refractivity contribution >= 4 is 5.96 Å². The fourth-order valence-corrected chi connectivity index (χ4v) is 2.83. The zero-order valence-electron chi connectivity index (χ0n) is 15.7. The molecule has 25 heavy (non-hydrogen) atoms. The molecule has 140 valence electrons. The number of benzene rings is 1. The van der Waals surface area contributed by atoms with Crippen molar-refractivity contribution in [3.63, 3.8) is 0 Å². The summed E-state index contributed by atoms with van der Waals surface area (Å²) in [5.41, 5.74) is 1.68. The Morgan fingerprint density at radius 2 is 1.88 bits per heavy atom. The maximum atomic E-state index is 5.48. The van der Waals surface area contributed by atoms with E-state index in [0.29, 0.717) is 13.2 Å². The predicted octanol–water partition coefficient (Wildman–Crippen LogP) is 2.72. The summed E-state index contributed by atoms with van der Waals surface area (Å²) in [7, 11) is 1.69. The lowest BCUT2D eigenvalue weighted by atomic mass is 9.96. The third-order valence-electron chi connectivity index (χ3n) is 4.56. The Kier molecular flexibility index (Phi) is 8.77. The molecule has 0 aliphatic heterocycles. The minimum atomic E-state index is 0.263. The zero-order valence-corrected chi connectivity index (χ0v) is 15.7. The Labute approximate surface area is 152 Å². The largest absolute Gasteiger partial charge is 0.382 e. The van der Waals surface area contributed by atoms with Crippen LogP contribution in [0.4, 0.5) is 0 Å². The molecule has 5 heteroatoms. The number of aliphatic imine (C=N–C) groups is 1. The van der Waals surface area contributed by atoms with Crippen molar-refractivity contribution in [2.24, 2.45) is 4.99 Å². The number of unbranched alkanes of at least 4 members (excludes halogenated alkanes) is 1. The molecule has 0 spiro atoms. The van der Waals surface area contributed by atoms with Crippen molar-refractivity contribution in [1.82, 2.24) is 10.6 Å². The number of guanidine groups is 1. The maximum absolute atomic E-state index is 5.48. The second-order valence-corrected chi connectivity index (χ2v) is 6.58. The van der Waals surface area contributed by atoms with E-state index in [2.05, 4.69) is 47.9 Å². The Balaban J connectivity index is 1.70. The highest BCUT2D eigenvalue weighted by molar-refractivity contribution is 5.79.